The van der Waals surface area contributed by atoms with Crippen molar-refractivity contribution in [3.05, 3.63) is 22.2 Å². The van der Waals surface area contributed by atoms with Gasteiger partial charge in [0, 0.05) is 25.7 Å². The molecule has 0 bridgehead atoms. The van der Waals surface area contributed by atoms with Crippen molar-refractivity contribution in [1.82, 2.24) is 9.80 Å². The minimum Gasteiger partial charge on any atom is -0.503 e. The van der Waals surface area contributed by atoms with Gasteiger partial charge in [-0.15, -0.1) is 0 Å². The second-order valence-electron chi connectivity index (χ2n) is 5.27. The molecule has 1 heterocycles. The molecule has 1 atom stereocenters. The Morgan fingerprint density at radius 1 is 1.47 bits per heavy atom. The van der Waals surface area contributed by atoms with Crippen LogP contribution < -0.4 is 4.74 Å². The van der Waals surface area contributed by atoms with Crippen molar-refractivity contribution in [2.75, 3.05) is 34.3 Å². The maximum Gasteiger partial charge on any atom is 0.172 e. The lowest BCUT2D eigenvalue weighted by Gasteiger charge is -2.20. The number of ether oxygens (including phenoxy) is 1. The molecule has 4 nitrogen and oxygen atoms in total. The summed E-state index contributed by atoms with van der Waals surface area (Å²) in [6.07, 6.45) is 1.21. The maximum atomic E-state index is 9.81. The summed E-state index contributed by atoms with van der Waals surface area (Å²) in [6, 6.07) is 4.51. The molecule has 1 unspecified atom stereocenters. The van der Waals surface area contributed by atoms with Crippen LogP contribution in [0.1, 0.15) is 12.0 Å². The highest BCUT2D eigenvalue weighted by Crippen LogP contribution is 2.35. The Hall–Kier alpha value is -0.780. The molecule has 19 heavy (non-hydrogen) atoms. The van der Waals surface area contributed by atoms with E-state index in [2.05, 4.69) is 39.8 Å². The van der Waals surface area contributed by atoms with Crippen LogP contribution in [0.15, 0.2) is 16.6 Å². The number of rotatable bonds is 4. The van der Waals surface area contributed by atoms with Crippen LogP contribution in [0.2, 0.25) is 0 Å². The highest BCUT2D eigenvalue weighted by Gasteiger charge is 2.24. The Labute approximate surface area is 123 Å². The van der Waals surface area contributed by atoms with Crippen molar-refractivity contribution in [2.24, 2.45) is 0 Å². The van der Waals surface area contributed by atoms with E-state index in [1.807, 2.05) is 12.1 Å². The Morgan fingerprint density at radius 2 is 2.21 bits per heavy atom. The number of benzene rings is 1. The second-order valence-corrected chi connectivity index (χ2v) is 6.12. The molecule has 0 spiro atoms. The average Bonchev–Trinajstić information content (AvgIpc) is 2.82. The molecule has 0 radical (unpaired) electrons. The van der Waals surface area contributed by atoms with Gasteiger partial charge in [-0.1, -0.05) is 0 Å². The summed E-state index contributed by atoms with van der Waals surface area (Å²) in [7, 11) is 5.84. The minimum absolute atomic E-state index is 0.166. The van der Waals surface area contributed by atoms with Gasteiger partial charge in [-0.2, -0.15) is 0 Å². The molecule has 1 N–H and O–H groups in total. The van der Waals surface area contributed by atoms with Gasteiger partial charge in [-0.25, -0.2) is 0 Å². The minimum atomic E-state index is 0.166. The molecule has 1 saturated heterocycles. The fourth-order valence-electron chi connectivity index (χ4n) is 2.51. The van der Waals surface area contributed by atoms with Crippen LogP contribution in [0.5, 0.6) is 11.5 Å². The zero-order valence-electron chi connectivity index (χ0n) is 11.7. The summed E-state index contributed by atoms with van der Waals surface area (Å²) >= 11 is 3.37. The first-order valence-corrected chi connectivity index (χ1v) is 7.24. The first-order valence-electron chi connectivity index (χ1n) is 6.45. The highest BCUT2D eigenvalue weighted by atomic mass is 79.9. The van der Waals surface area contributed by atoms with Crippen LogP contribution in [-0.2, 0) is 6.54 Å². The third-order valence-electron chi connectivity index (χ3n) is 3.69. The summed E-state index contributed by atoms with van der Waals surface area (Å²) in [4.78, 5) is 4.72. The molecular weight excluding hydrogens is 308 g/mol. The molecule has 0 saturated carbocycles. The van der Waals surface area contributed by atoms with Crippen LogP contribution in [0.3, 0.4) is 0 Å². The molecule has 0 aliphatic carbocycles. The predicted molar refractivity (Wildman–Crippen MR) is 79.7 cm³/mol. The Kier molecular flexibility index (Phi) is 4.71. The number of likely N-dealkylation sites (tertiary alicyclic amines) is 1. The highest BCUT2D eigenvalue weighted by molar-refractivity contribution is 9.10. The Morgan fingerprint density at radius 3 is 2.79 bits per heavy atom. The van der Waals surface area contributed by atoms with Crippen LogP contribution in [0, 0.1) is 0 Å². The zero-order chi connectivity index (χ0) is 14.0. The topological polar surface area (TPSA) is 35.9 Å². The van der Waals surface area contributed by atoms with Crippen LogP contribution >= 0.6 is 15.9 Å². The van der Waals surface area contributed by atoms with Crippen molar-refractivity contribution in [3.63, 3.8) is 0 Å². The van der Waals surface area contributed by atoms with Crippen LogP contribution in [-0.4, -0.2) is 55.2 Å². The fourth-order valence-corrected chi connectivity index (χ4v) is 3.00. The zero-order valence-corrected chi connectivity index (χ0v) is 13.3. The number of aromatic hydroxyl groups is 1. The van der Waals surface area contributed by atoms with E-state index in [-0.39, 0.29) is 5.75 Å². The van der Waals surface area contributed by atoms with Crippen molar-refractivity contribution in [3.8, 4) is 11.5 Å². The standard InChI is InChI=1S/C14H21BrN2O2/c1-16(2)11-4-5-17(9-11)8-10-6-12(15)14(18)13(7-10)19-3/h6-7,11,18H,4-5,8-9H2,1-3H3. The van der Waals surface area contributed by atoms with Crippen LogP contribution in [0.25, 0.3) is 0 Å². The van der Waals surface area contributed by atoms with Gasteiger partial charge in [-0.05, 0) is 54.1 Å². The maximum absolute atomic E-state index is 9.81. The summed E-state index contributed by atoms with van der Waals surface area (Å²) in [5.41, 5.74) is 1.15. The summed E-state index contributed by atoms with van der Waals surface area (Å²) in [6.45, 7) is 3.09. The van der Waals surface area contributed by atoms with Gasteiger partial charge in [0.05, 0.1) is 11.6 Å². The number of likely N-dealkylation sites (N-methyl/N-ethyl adjacent to an activating group) is 1. The lowest BCUT2D eigenvalue weighted by molar-refractivity contribution is 0.264. The van der Waals surface area contributed by atoms with Gasteiger partial charge < -0.3 is 14.7 Å². The fraction of sp³-hybridized carbons (Fsp3) is 0.571. The van der Waals surface area contributed by atoms with E-state index >= 15 is 0 Å². The predicted octanol–water partition coefficient (Wildman–Crippen LogP) is 2.30. The van der Waals surface area contributed by atoms with Gasteiger partial charge in [-0.3, -0.25) is 4.90 Å². The molecule has 0 amide bonds. The monoisotopic (exact) mass is 328 g/mol. The van der Waals surface area contributed by atoms with E-state index in [4.69, 9.17) is 4.74 Å². The van der Waals surface area contributed by atoms with Crippen LogP contribution in [0.4, 0.5) is 0 Å². The lowest BCUT2D eigenvalue weighted by atomic mass is 10.2. The van der Waals surface area contributed by atoms with Crippen molar-refractivity contribution >= 4 is 15.9 Å². The number of hydrogen-bond donors (Lipinski definition) is 1. The molecule has 1 fully saturated rings. The van der Waals surface area contributed by atoms with E-state index in [1.54, 1.807) is 7.11 Å². The number of nitrogens with zero attached hydrogens (tertiary/aromatic N) is 2. The van der Waals surface area contributed by atoms with E-state index in [9.17, 15) is 5.11 Å². The average molecular weight is 329 g/mol. The van der Waals surface area contributed by atoms with Gasteiger partial charge >= 0.3 is 0 Å². The summed E-state index contributed by atoms with van der Waals surface area (Å²) in [5, 5.41) is 9.81. The first kappa shape index (κ1) is 14.6. The van der Waals surface area contributed by atoms with E-state index < -0.39 is 0 Å². The normalized spacial score (nSPS) is 20.2. The second kappa shape index (κ2) is 6.11. The molecule has 0 aromatic heterocycles. The Balaban J connectivity index is 2.06. The third kappa shape index (κ3) is 3.41. The molecule has 1 aliphatic heterocycles. The van der Waals surface area contributed by atoms with Crippen molar-refractivity contribution in [1.29, 1.82) is 0 Å². The summed E-state index contributed by atoms with van der Waals surface area (Å²) in [5.74, 6) is 0.687. The Bertz CT molecular complexity index is 451. The molecule has 106 valence electrons. The van der Waals surface area contributed by atoms with Gasteiger partial charge in [0.15, 0.2) is 11.5 Å². The molecule has 1 aliphatic rings. The van der Waals surface area contributed by atoms with E-state index in [0.717, 1.165) is 25.2 Å². The largest absolute Gasteiger partial charge is 0.503 e. The van der Waals surface area contributed by atoms with E-state index in [0.29, 0.717) is 16.3 Å². The van der Waals surface area contributed by atoms with Gasteiger partial charge in [0.1, 0.15) is 0 Å². The number of phenols is 1. The summed E-state index contributed by atoms with van der Waals surface area (Å²) < 4.78 is 5.87. The molecule has 5 heteroatoms. The first-order chi connectivity index (χ1) is 9.01. The quantitative estimate of drug-likeness (QED) is 0.920. The number of halogens is 1. The molecular formula is C14H21BrN2O2. The van der Waals surface area contributed by atoms with E-state index in [1.165, 1.54) is 6.42 Å². The SMILES string of the molecule is COc1cc(CN2CCC(N(C)C)C2)cc(Br)c1O. The molecule has 1 aromatic carbocycles. The van der Waals surface area contributed by atoms with Gasteiger partial charge in [0.2, 0.25) is 0 Å². The third-order valence-corrected chi connectivity index (χ3v) is 4.30. The van der Waals surface area contributed by atoms with Crippen molar-refractivity contribution < 1.29 is 9.84 Å². The number of methoxy groups -OCH3 is 1. The number of phenolic OH excluding ortho intramolecular Hbond substituents is 1. The molecule has 1 aromatic rings. The van der Waals surface area contributed by atoms with Crippen molar-refractivity contribution in [2.45, 2.75) is 19.0 Å². The number of hydrogen-bond acceptors (Lipinski definition) is 4. The smallest absolute Gasteiger partial charge is 0.172 e. The van der Waals surface area contributed by atoms with Gasteiger partial charge in [0.25, 0.3) is 0 Å². The lowest BCUT2D eigenvalue weighted by Crippen LogP contribution is -2.31. The molecule has 2 rings (SSSR count).